The molecule has 0 radical (unpaired) electrons. The summed E-state index contributed by atoms with van der Waals surface area (Å²) in [6.07, 6.45) is 3.59. The highest BCUT2D eigenvalue weighted by atomic mass is 32.2. The third-order valence-electron chi connectivity index (χ3n) is 3.76. The summed E-state index contributed by atoms with van der Waals surface area (Å²) < 4.78 is 26.7. The number of nitrogens with two attached hydrogens (primary N) is 1. The maximum Gasteiger partial charge on any atom is 0.220 e. The molecule has 19 heavy (non-hydrogen) atoms. The quantitative estimate of drug-likeness (QED) is 0.677. The smallest absolute Gasteiger partial charge is 0.220 e. The van der Waals surface area contributed by atoms with Crippen molar-refractivity contribution in [3.8, 4) is 0 Å². The third-order valence-corrected chi connectivity index (χ3v) is 6.13. The van der Waals surface area contributed by atoms with E-state index in [0.29, 0.717) is 18.9 Å². The zero-order valence-electron chi connectivity index (χ0n) is 11.8. The van der Waals surface area contributed by atoms with Crippen LogP contribution in [-0.2, 0) is 10.0 Å². The first-order chi connectivity index (χ1) is 8.86. The summed E-state index contributed by atoms with van der Waals surface area (Å²) in [4.78, 5) is 2.36. The van der Waals surface area contributed by atoms with Gasteiger partial charge in [0, 0.05) is 6.54 Å². The number of sulfonamides is 1. The topological polar surface area (TPSA) is 75.4 Å². The molecule has 0 saturated carbocycles. The molecule has 1 unspecified atom stereocenters. The largest absolute Gasteiger partial charge is 0.392 e. The molecule has 1 saturated heterocycles. The Balaban J connectivity index is 2.37. The van der Waals surface area contributed by atoms with Crippen molar-refractivity contribution in [1.29, 1.82) is 0 Å². The van der Waals surface area contributed by atoms with Crippen molar-refractivity contribution in [2.24, 2.45) is 11.7 Å². The molecule has 0 aromatic heterocycles. The molecule has 1 aliphatic heterocycles. The molecule has 0 aromatic rings. The van der Waals surface area contributed by atoms with Crippen molar-refractivity contribution in [2.45, 2.75) is 37.9 Å². The predicted molar refractivity (Wildman–Crippen MR) is 82.6 cm³/mol. The lowest BCUT2D eigenvalue weighted by Crippen LogP contribution is -2.42. The average molecular weight is 307 g/mol. The third kappa shape index (κ3) is 5.33. The molecule has 1 rings (SSSR count). The van der Waals surface area contributed by atoms with Gasteiger partial charge in [-0.2, -0.15) is 0 Å². The fourth-order valence-electron chi connectivity index (χ4n) is 2.43. The van der Waals surface area contributed by atoms with Gasteiger partial charge in [0.2, 0.25) is 10.0 Å². The van der Waals surface area contributed by atoms with Crippen LogP contribution in [0.2, 0.25) is 0 Å². The summed E-state index contributed by atoms with van der Waals surface area (Å²) >= 11 is 4.81. The van der Waals surface area contributed by atoms with E-state index in [9.17, 15) is 8.42 Å². The Bertz CT molecular complexity index is 390. The summed E-state index contributed by atoms with van der Waals surface area (Å²) in [5.41, 5.74) is 5.47. The van der Waals surface area contributed by atoms with Gasteiger partial charge in [-0.05, 0) is 51.7 Å². The monoisotopic (exact) mass is 307 g/mol. The molecule has 3 N–H and O–H groups in total. The molecular formula is C12H25N3O2S2. The summed E-state index contributed by atoms with van der Waals surface area (Å²) in [5.74, 6) is 0.615. The number of nitrogens with one attached hydrogen (secondary N) is 1. The van der Waals surface area contributed by atoms with E-state index >= 15 is 0 Å². The van der Waals surface area contributed by atoms with Gasteiger partial charge in [-0.1, -0.05) is 19.1 Å². The van der Waals surface area contributed by atoms with Crippen LogP contribution >= 0.6 is 12.2 Å². The molecule has 1 heterocycles. The second-order valence-electron chi connectivity index (χ2n) is 5.27. The van der Waals surface area contributed by atoms with Gasteiger partial charge in [0.05, 0.1) is 4.99 Å². The second-order valence-corrected chi connectivity index (χ2v) is 7.69. The highest BCUT2D eigenvalue weighted by molar-refractivity contribution is 7.93. The summed E-state index contributed by atoms with van der Waals surface area (Å²) in [6, 6.07) is 0. The Morgan fingerprint density at radius 1 is 1.47 bits per heavy atom. The zero-order valence-corrected chi connectivity index (χ0v) is 13.4. The maximum atomic E-state index is 12.0. The number of likely N-dealkylation sites (tertiary alicyclic amines) is 1. The fourth-order valence-corrected chi connectivity index (χ4v) is 4.33. The van der Waals surface area contributed by atoms with E-state index < -0.39 is 15.3 Å². The molecule has 0 spiro atoms. The van der Waals surface area contributed by atoms with Crippen LogP contribution in [0.3, 0.4) is 0 Å². The number of rotatable bonds is 7. The van der Waals surface area contributed by atoms with Gasteiger partial charge in [-0.15, -0.1) is 0 Å². The van der Waals surface area contributed by atoms with E-state index in [4.69, 9.17) is 18.0 Å². The van der Waals surface area contributed by atoms with E-state index in [2.05, 4.69) is 16.7 Å². The van der Waals surface area contributed by atoms with Crippen molar-refractivity contribution < 1.29 is 8.42 Å². The lowest BCUT2D eigenvalue weighted by Gasteiger charge is -2.29. The zero-order chi connectivity index (χ0) is 14.5. The van der Waals surface area contributed by atoms with E-state index in [1.165, 1.54) is 0 Å². The first-order valence-corrected chi connectivity index (χ1v) is 8.78. The van der Waals surface area contributed by atoms with Crippen LogP contribution < -0.4 is 10.5 Å². The number of hydrogen-bond acceptors (Lipinski definition) is 4. The number of hydrogen-bond donors (Lipinski definition) is 2. The highest BCUT2D eigenvalue weighted by Crippen LogP contribution is 2.19. The molecule has 1 aliphatic rings. The maximum absolute atomic E-state index is 12.0. The van der Waals surface area contributed by atoms with Crippen molar-refractivity contribution >= 4 is 27.2 Å². The SMILES string of the molecule is CCC(C(N)=S)S(=O)(=O)NCCC1CCN(C)CC1. The van der Waals surface area contributed by atoms with Gasteiger partial charge in [-0.25, -0.2) is 13.1 Å². The summed E-state index contributed by atoms with van der Waals surface area (Å²) in [6.45, 7) is 4.46. The van der Waals surface area contributed by atoms with E-state index in [0.717, 1.165) is 32.4 Å². The normalized spacial score (nSPS) is 20.3. The Kier molecular flexibility index (Phi) is 6.65. The molecular weight excluding hydrogens is 282 g/mol. The Morgan fingerprint density at radius 3 is 2.53 bits per heavy atom. The highest BCUT2D eigenvalue weighted by Gasteiger charge is 2.26. The number of thiocarbonyl (C=S) groups is 1. The molecule has 0 bridgehead atoms. The lowest BCUT2D eigenvalue weighted by atomic mass is 9.94. The van der Waals surface area contributed by atoms with Crippen molar-refractivity contribution in [3.05, 3.63) is 0 Å². The molecule has 0 aromatic carbocycles. The summed E-state index contributed by atoms with van der Waals surface area (Å²) in [7, 11) is -1.29. The van der Waals surface area contributed by atoms with E-state index in [1.807, 2.05) is 0 Å². The first kappa shape index (κ1) is 16.8. The van der Waals surface area contributed by atoms with Gasteiger partial charge in [-0.3, -0.25) is 0 Å². The Labute approximate surface area is 122 Å². The lowest BCUT2D eigenvalue weighted by molar-refractivity contribution is 0.213. The molecule has 0 aliphatic carbocycles. The average Bonchev–Trinajstić information content (AvgIpc) is 2.31. The van der Waals surface area contributed by atoms with Crippen LogP contribution in [-0.4, -0.2) is 50.2 Å². The minimum atomic E-state index is -3.41. The van der Waals surface area contributed by atoms with Gasteiger partial charge >= 0.3 is 0 Å². The Morgan fingerprint density at radius 2 is 2.05 bits per heavy atom. The van der Waals surface area contributed by atoms with E-state index in [1.54, 1.807) is 6.92 Å². The number of nitrogens with zero attached hydrogens (tertiary/aromatic N) is 1. The summed E-state index contributed by atoms with van der Waals surface area (Å²) in [5, 5.41) is -0.750. The molecule has 1 atom stereocenters. The minimum Gasteiger partial charge on any atom is -0.392 e. The molecule has 5 nitrogen and oxygen atoms in total. The van der Waals surface area contributed by atoms with Gasteiger partial charge < -0.3 is 10.6 Å². The van der Waals surface area contributed by atoms with Crippen LogP contribution in [0.5, 0.6) is 0 Å². The van der Waals surface area contributed by atoms with Gasteiger partial charge in [0.25, 0.3) is 0 Å². The van der Waals surface area contributed by atoms with Crippen molar-refractivity contribution in [2.75, 3.05) is 26.7 Å². The van der Waals surface area contributed by atoms with Gasteiger partial charge in [0.1, 0.15) is 5.25 Å². The Hall–Kier alpha value is -0.240. The fraction of sp³-hybridized carbons (Fsp3) is 0.917. The standard InChI is InChI=1S/C12H25N3O2S2/c1-3-11(12(13)18)19(16,17)14-7-4-10-5-8-15(2)9-6-10/h10-11,14H,3-9H2,1-2H3,(H2,13,18). The second kappa shape index (κ2) is 7.52. The molecule has 1 fully saturated rings. The van der Waals surface area contributed by atoms with Crippen LogP contribution in [0.4, 0.5) is 0 Å². The van der Waals surface area contributed by atoms with Crippen LogP contribution in [0.15, 0.2) is 0 Å². The number of piperidine rings is 1. The minimum absolute atomic E-state index is 0.0503. The van der Waals surface area contributed by atoms with Crippen LogP contribution in [0.25, 0.3) is 0 Å². The predicted octanol–water partition coefficient (Wildman–Crippen LogP) is 0.702. The molecule has 7 heteroatoms. The molecule has 0 amide bonds. The molecule has 112 valence electrons. The van der Waals surface area contributed by atoms with E-state index in [-0.39, 0.29) is 4.99 Å². The van der Waals surface area contributed by atoms with Gasteiger partial charge in [0.15, 0.2) is 0 Å². The van der Waals surface area contributed by atoms with Crippen molar-refractivity contribution in [3.63, 3.8) is 0 Å². The van der Waals surface area contributed by atoms with Crippen LogP contribution in [0, 0.1) is 5.92 Å². The van der Waals surface area contributed by atoms with Crippen molar-refractivity contribution in [1.82, 2.24) is 9.62 Å². The first-order valence-electron chi connectivity index (χ1n) is 6.83. The van der Waals surface area contributed by atoms with Crippen LogP contribution in [0.1, 0.15) is 32.6 Å².